The lowest BCUT2D eigenvalue weighted by atomic mass is 9.77. The van der Waals surface area contributed by atoms with Gasteiger partial charge in [0.15, 0.2) is 0 Å². The molecule has 3 aliphatic rings. The second-order valence-electron chi connectivity index (χ2n) is 5.71. The van der Waals surface area contributed by atoms with Crippen molar-refractivity contribution < 1.29 is 14.8 Å². The van der Waals surface area contributed by atoms with E-state index in [-0.39, 0.29) is 23.8 Å². The summed E-state index contributed by atoms with van der Waals surface area (Å²) >= 11 is 0. The second kappa shape index (κ2) is 4.37. The lowest BCUT2D eigenvalue weighted by Gasteiger charge is -2.31. The fourth-order valence-electron chi connectivity index (χ4n) is 3.78. The minimum absolute atomic E-state index is 0.00921. The van der Waals surface area contributed by atoms with Crippen LogP contribution in [0.3, 0.4) is 0 Å². The number of allylic oxidation sites excluding steroid dienone is 1. The molecule has 5 nitrogen and oxygen atoms in total. The number of fused-ring (bicyclic) bond motifs is 2. The summed E-state index contributed by atoms with van der Waals surface area (Å²) in [5.41, 5.74) is 6.13. The van der Waals surface area contributed by atoms with Gasteiger partial charge in [-0.25, -0.2) is 0 Å². The summed E-state index contributed by atoms with van der Waals surface area (Å²) in [6, 6.07) is -0.107. The highest BCUT2D eigenvalue weighted by molar-refractivity contribution is 6.43. The summed E-state index contributed by atoms with van der Waals surface area (Å²) < 4.78 is 0. The van der Waals surface area contributed by atoms with E-state index in [1.54, 1.807) is 4.90 Å². The summed E-state index contributed by atoms with van der Waals surface area (Å²) in [6.45, 7) is 0.617. The van der Waals surface area contributed by atoms with Gasteiger partial charge in [-0.15, -0.1) is 0 Å². The van der Waals surface area contributed by atoms with Crippen molar-refractivity contribution in [2.45, 2.75) is 31.2 Å². The van der Waals surface area contributed by atoms with Gasteiger partial charge in [0.25, 0.3) is 0 Å². The average molecular weight is 250 g/mol. The number of carbonyl (C=O) groups is 1. The molecule has 6 heteroatoms. The average Bonchev–Trinajstić information content (AvgIpc) is 3.03. The van der Waals surface area contributed by atoms with Crippen LogP contribution in [-0.2, 0) is 4.79 Å². The predicted octanol–water partition coefficient (Wildman–Crippen LogP) is -0.861. The number of likely N-dealkylation sites (tertiary alicyclic amines) is 1. The molecule has 2 bridgehead atoms. The first-order valence-corrected chi connectivity index (χ1v) is 6.70. The van der Waals surface area contributed by atoms with Gasteiger partial charge in [0.05, 0.1) is 11.9 Å². The van der Waals surface area contributed by atoms with E-state index in [1.165, 1.54) is 0 Å². The molecule has 18 heavy (non-hydrogen) atoms. The van der Waals surface area contributed by atoms with Crippen LogP contribution >= 0.6 is 0 Å². The molecule has 2 aliphatic carbocycles. The van der Waals surface area contributed by atoms with Crippen LogP contribution in [0, 0.1) is 17.8 Å². The van der Waals surface area contributed by atoms with E-state index in [0.29, 0.717) is 18.9 Å². The largest absolute Gasteiger partial charge is 0.475 e. The number of hydrogen-bond donors (Lipinski definition) is 3. The molecule has 4 N–H and O–H groups in total. The van der Waals surface area contributed by atoms with Crippen molar-refractivity contribution in [2.24, 2.45) is 23.5 Å². The lowest BCUT2D eigenvalue weighted by molar-refractivity contribution is -0.136. The standard InChI is InChI=1S/C12H19BN2O3/c14-11-8-4-3-7(6-8)10(11)12(16)15-5-1-2-9(15)13(17)18/h3-4,7-11,17-18H,1-2,5-6,14H2/t7-,8+,9-,10-,11+/m0/s1. The molecule has 1 saturated carbocycles. The van der Waals surface area contributed by atoms with Crippen LogP contribution in [0.15, 0.2) is 12.2 Å². The van der Waals surface area contributed by atoms with E-state index in [0.717, 1.165) is 12.8 Å². The molecule has 0 aromatic carbocycles. The van der Waals surface area contributed by atoms with Crippen molar-refractivity contribution in [1.82, 2.24) is 4.90 Å². The molecule has 3 rings (SSSR count). The highest BCUT2D eigenvalue weighted by Crippen LogP contribution is 2.44. The minimum atomic E-state index is -1.44. The van der Waals surface area contributed by atoms with Crippen molar-refractivity contribution >= 4 is 13.0 Å². The Kier molecular flexibility index (Phi) is 2.96. The number of nitrogens with zero attached hydrogens (tertiary/aromatic N) is 1. The van der Waals surface area contributed by atoms with Crippen molar-refractivity contribution in [3.8, 4) is 0 Å². The topological polar surface area (TPSA) is 86.8 Å². The van der Waals surface area contributed by atoms with Crippen LogP contribution in [-0.4, -0.2) is 46.5 Å². The molecule has 1 heterocycles. The number of nitrogens with two attached hydrogens (primary N) is 1. The van der Waals surface area contributed by atoms with E-state index in [9.17, 15) is 14.8 Å². The molecule has 0 aromatic heterocycles. The molecule has 2 fully saturated rings. The molecule has 1 amide bonds. The van der Waals surface area contributed by atoms with Gasteiger partial charge in [-0.1, -0.05) is 12.2 Å². The summed E-state index contributed by atoms with van der Waals surface area (Å²) in [5, 5.41) is 18.7. The zero-order valence-electron chi connectivity index (χ0n) is 10.3. The van der Waals surface area contributed by atoms with E-state index in [4.69, 9.17) is 5.73 Å². The van der Waals surface area contributed by atoms with Crippen molar-refractivity contribution in [2.75, 3.05) is 6.54 Å². The Morgan fingerprint density at radius 2 is 2.06 bits per heavy atom. The van der Waals surface area contributed by atoms with Crippen LogP contribution in [0.25, 0.3) is 0 Å². The van der Waals surface area contributed by atoms with Gasteiger partial charge >= 0.3 is 7.12 Å². The number of amides is 1. The van der Waals surface area contributed by atoms with Gasteiger partial charge in [0.1, 0.15) is 0 Å². The molecule has 0 aromatic rings. The molecule has 0 radical (unpaired) electrons. The smallest absolute Gasteiger partial charge is 0.426 e. The van der Waals surface area contributed by atoms with Gasteiger partial charge in [-0.2, -0.15) is 0 Å². The highest BCUT2D eigenvalue weighted by Gasteiger charge is 2.49. The normalized spacial score (nSPS) is 41.7. The third kappa shape index (κ3) is 1.71. The molecule has 5 atom stereocenters. The Morgan fingerprint density at radius 1 is 1.33 bits per heavy atom. The van der Waals surface area contributed by atoms with Crippen LogP contribution in [0.2, 0.25) is 0 Å². The van der Waals surface area contributed by atoms with Gasteiger partial charge in [0.2, 0.25) is 5.91 Å². The maximum atomic E-state index is 12.6. The van der Waals surface area contributed by atoms with Crippen molar-refractivity contribution in [3.63, 3.8) is 0 Å². The summed E-state index contributed by atoms with van der Waals surface area (Å²) in [6.07, 6.45) is 6.67. The second-order valence-corrected chi connectivity index (χ2v) is 5.71. The quantitative estimate of drug-likeness (QED) is 0.439. The highest BCUT2D eigenvalue weighted by atomic mass is 16.4. The Hall–Kier alpha value is -0.845. The molecular weight excluding hydrogens is 231 g/mol. The molecule has 98 valence electrons. The summed E-state index contributed by atoms with van der Waals surface area (Å²) in [5.74, 6) is -0.0410. The molecule has 0 unspecified atom stereocenters. The van der Waals surface area contributed by atoms with Crippen LogP contribution < -0.4 is 5.73 Å². The van der Waals surface area contributed by atoms with E-state index in [2.05, 4.69) is 12.2 Å². The maximum Gasteiger partial charge on any atom is 0.475 e. The Balaban J connectivity index is 1.77. The molecular formula is C12H19BN2O3. The summed E-state index contributed by atoms with van der Waals surface area (Å²) in [4.78, 5) is 14.2. The van der Waals surface area contributed by atoms with Crippen LogP contribution in [0.4, 0.5) is 0 Å². The Bertz CT molecular complexity index is 388. The first-order chi connectivity index (χ1) is 8.59. The van der Waals surface area contributed by atoms with Crippen LogP contribution in [0.5, 0.6) is 0 Å². The first kappa shape index (κ1) is 12.2. The van der Waals surface area contributed by atoms with Crippen LogP contribution in [0.1, 0.15) is 19.3 Å². The Morgan fingerprint density at radius 3 is 2.67 bits per heavy atom. The van der Waals surface area contributed by atoms with Gasteiger partial charge in [-0.05, 0) is 31.1 Å². The van der Waals surface area contributed by atoms with Gasteiger partial charge in [-0.3, -0.25) is 4.79 Å². The van der Waals surface area contributed by atoms with E-state index < -0.39 is 13.1 Å². The molecule has 1 aliphatic heterocycles. The first-order valence-electron chi connectivity index (χ1n) is 6.70. The monoisotopic (exact) mass is 250 g/mol. The fourth-order valence-corrected chi connectivity index (χ4v) is 3.78. The van der Waals surface area contributed by atoms with Crippen molar-refractivity contribution in [3.05, 3.63) is 12.2 Å². The zero-order chi connectivity index (χ0) is 12.9. The lowest BCUT2D eigenvalue weighted by Crippen LogP contribution is -2.51. The third-order valence-electron chi connectivity index (χ3n) is 4.73. The van der Waals surface area contributed by atoms with Crippen molar-refractivity contribution in [1.29, 1.82) is 0 Å². The maximum absolute atomic E-state index is 12.6. The Labute approximate surface area is 107 Å². The predicted molar refractivity (Wildman–Crippen MR) is 67.1 cm³/mol. The fraction of sp³-hybridized carbons (Fsp3) is 0.750. The van der Waals surface area contributed by atoms with Gasteiger partial charge < -0.3 is 20.7 Å². The third-order valence-corrected chi connectivity index (χ3v) is 4.73. The van der Waals surface area contributed by atoms with E-state index in [1.807, 2.05) is 0 Å². The molecule has 1 saturated heterocycles. The minimum Gasteiger partial charge on any atom is -0.426 e. The number of carbonyl (C=O) groups excluding carboxylic acids is 1. The number of rotatable bonds is 2. The SMILES string of the molecule is N[C@H]1[C@@H](C(=O)N2CCC[C@H]2B(O)O)[C@H]2C=C[C@@H]1C2. The molecule has 0 spiro atoms. The van der Waals surface area contributed by atoms with Gasteiger partial charge in [0, 0.05) is 12.6 Å². The van der Waals surface area contributed by atoms with E-state index >= 15 is 0 Å². The summed E-state index contributed by atoms with van der Waals surface area (Å²) in [7, 11) is -1.44. The zero-order valence-corrected chi connectivity index (χ0v) is 10.3. The number of hydrogen-bond acceptors (Lipinski definition) is 4.